The molecule has 0 aromatic heterocycles. The van der Waals surface area contributed by atoms with Gasteiger partial charge in [0.1, 0.15) is 0 Å². The predicted octanol–water partition coefficient (Wildman–Crippen LogP) is -0.304. The average Bonchev–Trinajstić information content (AvgIpc) is 2.83. The largest absolute Gasteiger partial charge is 0.392 e. The third kappa shape index (κ3) is 1.35. The number of nitrogens with zero attached hydrogens (tertiary/aromatic N) is 2. The highest BCUT2D eigenvalue weighted by Gasteiger charge is 2.73. The number of aliphatic hydroxyl groups excluding tert-OH is 2. The molecule has 4 heterocycles. The molecule has 21 heavy (non-hydrogen) atoms. The van der Waals surface area contributed by atoms with E-state index in [0.29, 0.717) is 6.42 Å². The quantitative estimate of drug-likeness (QED) is 0.644. The van der Waals surface area contributed by atoms with E-state index in [1.807, 2.05) is 6.08 Å². The Bertz CT molecular complexity index is 621. The molecule has 5 aliphatic rings. The molecule has 1 aliphatic carbocycles. The lowest BCUT2D eigenvalue weighted by Crippen LogP contribution is -2.77. The van der Waals surface area contributed by atoms with Gasteiger partial charge in [0.15, 0.2) is 4.87 Å². The molecule has 2 bridgehead atoms. The second kappa shape index (κ2) is 4.07. The van der Waals surface area contributed by atoms with Crippen molar-refractivity contribution < 1.29 is 19.8 Å². The smallest absolute Gasteiger partial charge is 0.264 e. The highest BCUT2D eigenvalue weighted by Crippen LogP contribution is 2.64. The Kier molecular flexibility index (Phi) is 2.65. The summed E-state index contributed by atoms with van der Waals surface area (Å²) in [6.45, 7) is -0.435. The van der Waals surface area contributed by atoms with Crippen LogP contribution >= 0.6 is 21.6 Å². The van der Waals surface area contributed by atoms with Crippen molar-refractivity contribution in [2.75, 3.05) is 13.7 Å². The van der Waals surface area contributed by atoms with Gasteiger partial charge in [-0.15, -0.1) is 0 Å². The lowest BCUT2D eigenvalue weighted by atomic mass is 9.97. The number of aliphatic hydroxyl groups is 2. The zero-order valence-corrected chi connectivity index (χ0v) is 12.9. The molecule has 1 unspecified atom stereocenters. The first-order valence-corrected chi connectivity index (χ1v) is 8.78. The fourth-order valence-corrected chi connectivity index (χ4v) is 7.12. The van der Waals surface area contributed by atoms with Gasteiger partial charge in [0, 0.05) is 13.5 Å². The fraction of sp³-hybridized carbons (Fsp3) is 0.538. The van der Waals surface area contributed by atoms with Gasteiger partial charge in [-0.25, -0.2) is 0 Å². The normalized spacial score (nSPS) is 44.0. The number of hydrogen-bond donors (Lipinski definition) is 2. The van der Waals surface area contributed by atoms with Gasteiger partial charge < -0.3 is 20.0 Å². The molecule has 0 saturated carbocycles. The molecule has 4 atom stereocenters. The number of amides is 2. The van der Waals surface area contributed by atoms with Crippen LogP contribution in [0.1, 0.15) is 6.42 Å². The Morgan fingerprint density at radius 2 is 2.14 bits per heavy atom. The van der Waals surface area contributed by atoms with Crippen LogP contribution in [0.4, 0.5) is 0 Å². The van der Waals surface area contributed by atoms with Crippen molar-refractivity contribution >= 4 is 33.4 Å². The molecule has 6 nitrogen and oxygen atoms in total. The molecular formula is C13H14N2O4S2. The van der Waals surface area contributed by atoms with Crippen molar-refractivity contribution in [2.24, 2.45) is 0 Å². The standard InChI is InChI=1S/C13H14N2O4S2/c1-14-10(18)12-5-7-3-2-4-8(17)9(7)15(12)11(19)13(14,6-16)21-20-12/h2-4,8-9,16-17H,5-6H2,1H3/t8-,9?,12+,13+/m0/s1. The first kappa shape index (κ1) is 13.7. The van der Waals surface area contributed by atoms with Crippen molar-refractivity contribution in [1.29, 1.82) is 0 Å². The predicted molar refractivity (Wildman–Crippen MR) is 79.0 cm³/mol. The topological polar surface area (TPSA) is 81.1 Å². The molecule has 8 heteroatoms. The summed E-state index contributed by atoms with van der Waals surface area (Å²) in [6, 6.07) is -0.500. The molecule has 4 aliphatic heterocycles. The summed E-state index contributed by atoms with van der Waals surface area (Å²) >= 11 is 0. The fourth-order valence-electron chi connectivity index (χ4n) is 3.55. The molecule has 0 radical (unpaired) electrons. The zero-order valence-electron chi connectivity index (χ0n) is 11.2. The number of piperazine rings is 1. The highest BCUT2D eigenvalue weighted by atomic mass is 33.1. The van der Waals surface area contributed by atoms with Crippen LogP contribution in [0.2, 0.25) is 0 Å². The van der Waals surface area contributed by atoms with Gasteiger partial charge in [0.05, 0.1) is 18.8 Å². The van der Waals surface area contributed by atoms with Crippen LogP contribution in [0.15, 0.2) is 23.8 Å². The SMILES string of the molecule is CN1C(=O)[C@]23CC4=CC=C[C@H](O)C4N2C(=O)[C@@]1(CO)SS3. The van der Waals surface area contributed by atoms with Crippen LogP contribution in [0.3, 0.4) is 0 Å². The lowest BCUT2D eigenvalue weighted by Gasteiger charge is -2.58. The van der Waals surface area contributed by atoms with E-state index in [2.05, 4.69) is 0 Å². The highest BCUT2D eigenvalue weighted by molar-refractivity contribution is 8.78. The molecule has 1 spiro atoms. The third-order valence-corrected chi connectivity index (χ3v) is 8.33. The van der Waals surface area contributed by atoms with Crippen LogP contribution in [0.25, 0.3) is 0 Å². The van der Waals surface area contributed by atoms with E-state index in [9.17, 15) is 19.8 Å². The van der Waals surface area contributed by atoms with Gasteiger partial charge >= 0.3 is 0 Å². The maximum Gasteiger partial charge on any atom is 0.264 e. The molecule has 4 saturated heterocycles. The number of likely N-dealkylation sites (N-methyl/N-ethyl adjacent to an activating group) is 1. The molecule has 2 N–H and O–H groups in total. The Labute approximate surface area is 129 Å². The molecule has 4 fully saturated rings. The van der Waals surface area contributed by atoms with Gasteiger partial charge in [0.25, 0.3) is 11.8 Å². The summed E-state index contributed by atoms with van der Waals surface area (Å²) in [7, 11) is 4.14. The number of allylic oxidation sites excluding steroid dienone is 2. The minimum atomic E-state index is -1.28. The van der Waals surface area contributed by atoms with Crippen LogP contribution in [0, 0.1) is 0 Å². The summed E-state index contributed by atoms with van der Waals surface area (Å²) in [5.74, 6) is -0.471. The summed E-state index contributed by atoms with van der Waals surface area (Å²) in [5, 5.41) is 20.0. The average molecular weight is 326 g/mol. The van der Waals surface area contributed by atoms with Crippen molar-refractivity contribution in [2.45, 2.75) is 28.3 Å². The van der Waals surface area contributed by atoms with E-state index in [1.54, 1.807) is 19.2 Å². The Balaban J connectivity index is 1.90. The van der Waals surface area contributed by atoms with E-state index < -0.39 is 28.5 Å². The van der Waals surface area contributed by atoms with Crippen molar-refractivity contribution in [3.63, 3.8) is 0 Å². The minimum absolute atomic E-state index is 0.178. The van der Waals surface area contributed by atoms with Crippen LogP contribution in [-0.4, -0.2) is 67.4 Å². The molecule has 2 amide bonds. The second-order valence-corrected chi connectivity index (χ2v) is 8.36. The second-order valence-electron chi connectivity index (χ2n) is 5.67. The number of carbonyl (C=O) groups excluding carboxylic acids is 2. The summed E-state index contributed by atoms with van der Waals surface area (Å²) in [4.78, 5) is 26.4. The Hall–Kier alpha value is -0.960. The molecule has 0 aromatic rings. The van der Waals surface area contributed by atoms with Crippen molar-refractivity contribution in [1.82, 2.24) is 9.80 Å². The molecular weight excluding hydrogens is 312 g/mol. The third-order valence-electron chi connectivity index (χ3n) is 4.70. The van der Waals surface area contributed by atoms with E-state index >= 15 is 0 Å². The van der Waals surface area contributed by atoms with E-state index in [4.69, 9.17) is 0 Å². The number of hydrogen-bond acceptors (Lipinski definition) is 6. The molecule has 5 rings (SSSR count). The van der Waals surface area contributed by atoms with Crippen molar-refractivity contribution in [3.05, 3.63) is 23.8 Å². The zero-order chi connectivity index (χ0) is 15.0. The van der Waals surface area contributed by atoms with E-state index in [-0.39, 0.29) is 11.8 Å². The Morgan fingerprint density at radius 1 is 1.38 bits per heavy atom. The minimum Gasteiger partial charge on any atom is -0.392 e. The molecule has 112 valence electrons. The molecule has 0 aromatic carbocycles. The van der Waals surface area contributed by atoms with Gasteiger partial charge in [-0.1, -0.05) is 29.0 Å². The Morgan fingerprint density at radius 3 is 2.86 bits per heavy atom. The number of rotatable bonds is 1. The van der Waals surface area contributed by atoms with Gasteiger partial charge in [-0.2, -0.15) is 0 Å². The van der Waals surface area contributed by atoms with Crippen LogP contribution in [0.5, 0.6) is 0 Å². The maximum absolute atomic E-state index is 12.9. The summed E-state index contributed by atoms with van der Waals surface area (Å²) in [5.41, 5.74) is 0.892. The summed E-state index contributed by atoms with van der Waals surface area (Å²) < 4.78 is 0. The van der Waals surface area contributed by atoms with E-state index in [1.165, 1.54) is 31.4 Å². The first-order valence-electron chi connectivity index (χ1n) is 6.63. The monoisotopic (exact) mass is 326 g/mol. The van der Waals surface area contributed by atoms with Crippen molar-refractivity contribution in [3.8, 4) is 0 Å². The van der Waals surface area contributed by atoms with Gasteiger partial charge in [0.2, 0.25) is 4.87 Å². The number of fused-ring (bicyclic) bond motifs is 3. The van der Waals surface area contributed by atoms with Crippen LogP contribution in [-0.2, 0) is 9.59 Å². The van der Waals surface area contributed by atoms with Crippen LogP contribution < -0.4 is 0 Å². The van der Waals surface area contributed by atoms with Gasteiger partial charge in [-0.05, 0) is 16.4 Å². The maximum atomic E-state index is 12.9. The van der Waals surface area contributed by atoms with E-state index in [0.717, 1.165) is 5.57 Å². The first-order chi connectivity index (χ1) is 9.98. The lowest BCUT2D eigenvalue weighted by molar-refractivity contribution is -0.168. The van der Waals surface area contributed by atoms with Gasteiger partial charge in [-0.3, -0.25) is 9.59 Å². The number of carbonyl (C=O) groups is 2. The summed E-state index contributed by atoms with van der Waals surface area (Å²) in [6.07, 6.45) is 4.87.